The van der Waals surface area contributed by atoms with Gasteiger partial charge in [-0.2, -0.15) is 0 Å². The Labute approximate surface area is 118 Å². The zero-order valence-corrected chi connectivity index (χ0v) is 12.0. The van der Waals surface area contributed by atoms with Gasteiger partial charge in [-0.15, -0.1) is 0 Å². The van der Waals surface area contributed by atoms with E-state index in [0.29, 0.717) is 24.5 Å². The highest BCUT2D eigenvalue weighted by Gasteiger charge is 2.36. The molecular weight excluding hydrogens is 256 g/mol. The van der Waals surface area contributed by atoms with Crippen LogP contribution in [0.1, 0.15) is 23.0 Å². The van der Waals surface area contributed by atoms with Crippen molar-refractivity contribution in [3.63, 3.8) is 0 Å². The molecule has 108 valence electrons. The van der Waals surface area contributed by atoms with Crippen molar-refractivity contribution in [3.8, 4) is 0 Å². The molecule has 0 radical (unpaired) electrons. The molecule has 20 heavy (non-hydrogen) atoms. The maximum Gasteiger partial charge on any atom is 0.257 e. The zero-order chi connectivity index (χ0) is 14.9. The standard InChI is InChI=1S/C14H20N4O2/c1-8-6-18(7-11(8)12(15)19)14(20)10-5-4-9(2)17-13(10)16-3/h4-5,8,11H,6-7H2,1-3H3,(H2,15,19)(H,16,17)/t8-,11-/m1/s1. The lowest BCUT2D eigenvalue weighted by Crippen LogP contribution is -2.32. The molecule has 1 aromatic heterocycles. The number of pyridine rings is 1. The molecule has 0 aliphatic carbocycles. The zero-order valence-electron chi connectivity index (χ0n) is 12.0. The molecule has 1 saturated heterocycles. The number of anilines is 1. The van der Waals surface area contributed by atoms with E-state index in [9.17, 15) is 9.59 Å². The van der Waals surface area contributed by atoms with Gasteiger partial charge >= 0.3 is 0 Å². The smallest absolute Gasteiger partial charge is 0.257 e. The molecule has 0 spiro atoms. The fraction of sp³-hybridized carbons (Fsp3) is 0.500. The normalized spacial score (nSPS) is 21.9. The summed E-state index contributed by atoms with van der Waals surface area (Å²) in [7, 11) is 1.73. The molecule has 3 N–H and O–H groups in total. The number of rotatable bonds is 3. The van der Waals surface area contributed by atoms with E-state index in [1.54, 1.807) is 24.1 Å². The molecule has 2 rings (SSSR count). The van der Waals surface area contributed by atoms with Crippen LogP contribution in [0.25, 0.3) is 0 Å². The third-order valence-electron chi connectivity index (χ3n) is 3.77. The second-order valence-electron chi connectivity index (χ2n) is 5.30. The van der Waals surface area contributed by atoms with Gasteiger partial charge in [-0.3, -0.25) is 9.59 Å². The largest absolute Gasteiger partial charge is 0.372 e. The highest BCUT2D eigenvalue weighted by atomic mass is 16.2. The Balaban J connectivity index is 2.23. The van der Waals surface area contributed by atoms with Crippen molar-refractivity contribution in [3.05, 3.63) is 23.4 Å². The molecule has 0 bridgehead atoms. The first-order valence-corrected chi connectivity index (χ1v) is 6.68. The highest BCUT2D eigenvalue weighted by Crippen LogP contribution is 2.25. The number of nitrogens with zero attached hydrogens (tertiary/aromatic N) is 2. The number of nitrogens with two attached hydrogens (primary N) is 1. The number of primary amides is 1. The van der Waals surface area contributed by atoms with Crippen LogP contribution < -0.4 is 11.1 Å². The van der Waals surface area contributed by atoms with Crippen molar-refractivity contribution in [2.75, 3.05) is 25.5 Å². The lowest BCUT2D eigenvalue weighted by atomic mass is 9.98. The predicted molar refractivity (Wildman–Crippen MR) is 76.3 cm³/mol. The quantitative estimate of drug-likeness (QED) is 0.847. The minimum Gasteiger partial charge on any atom is -0.372 e. The minimum atomic E-state index is -0.344. The molecule has 6 heteroatoms. The van der Waals surface area contributed by atoms with Crippen LogP contribution in [-0.2, 0) is 4.79 Å². The molecule has 2 amide bonds. The van der Waals surface area contributed by atoms with Gasteiger partial charge in [-0.25, -0.2) is 4.98 Å². The van der Waals surface area contributed by atoms with Gasteiger partial charge in [0.1, 0.15) is 5.82 Å². The Kier molecular flexibility index (Phi) is 3.92. The fourth-order valence-electron chi connectivity index (χ4n) is 2.59. The highest BCUT2D eigenvalue weighted by molar-refractivity contribution is 5.99. The lowest BCUT2D eigenvalue weighted by molar-refractivity contribution is -0.122. The van der Waals surface area contributed by atoms with Gasteiger partial charge in [-0.05, 0) is 25.0 Å². The number of nitrogens with one attached hydrogen (secondary N) is 1. The van der Waals surface area contributed by atoms with Gasteiger partial charge in [0.25, 0.3) is 5.91 Å². The maximum atomic E-state index is 12.5. The Morgan fingerprint density at radius 1 is 1.40 bits per heavy atom. The Bertz CT molecular complexity index is 544. The molecule has 2 atom stereocenters. The van der Waals surface area contributed by atoms with Crippen LogP contribution in [0, 0.1) is 18.8 Å². The first kappa shape index (κ1) is 14.3. The van der Waals surface area contributed by atoms with Crippen LogP contribution >= 0.6 is 0 Å². The van der Waals surface area contributed by atoms with E-state index in [4.69, 9.17) is 5.73 Å². The van der Waals surface area contributed by atoms with Crippen LogP contribution in [0.4, 0.5) is 5.82 Å². The van der Waals surface area contributed by atoms with E-state index in [2.05, 4.69) is 10.3 Å². The van der Waals surface area contributed by atoms with Crippen molar-refractivity contribution in [1.82, 2.24) is 9.88 Å². The molecule has 6 nitrogen and oxygen atoms in total. The van der Waals surface area contributed by atoms with Crippen molar-refractivity contribution >= 4 is 17.6 Å². The summed E-state index contributed by atoms with van der Waals surface area (Å²) in [5.41, 5.74) is 6.73. The Morgan fingerprint density at radius 2 is 2.10 bits per heavy atom. The topological polar surface area (TPSA) is 88.3 Å². The van der Waals surface area contributed by atoms with Crippen LogP contribution in [0.3, 0.4) is 0 Å². The van der Waals surface area contributed by atoms with Crippen molar-refractivity contribution in [1.29, 1.82) is 0 Å². The second kappa shape index (κ2) is 5.48. The average Bonchev–Trinajstić information content (AvgIpc) is 2.80. The van der Waals surface area contributed by atoms with E-state index < -0.39 is 0 Å². The molecule has 0 unspecified atom stereocenters. The fourth-order valence-corrected chi connectivity index (χ4v) is 2.59. The summed E-state index contributed by atoms with van der Waals surface area (Å²) >= 11 is 0. The van der Waals surface area contributed by atoms with Crippen LogP contribution in [0.5, 0.6) is 0 Å². The molecule has 1 fully saturated rings. The molecule has 0 aromatic carbocycles. The third-order valence-corrected chi connectivity index (χ3v) is 3.77. The summed E-state index contributed by atoms with van der Waals surface area (Å²) in [6.07, 6.45) is 0. The summed E-state index contributed by atoms with van der Waals surface area (Å²) in [4.78, 5) is 29.9. The third kappa shape index (κ3) is 2.59. The molecule has 2 heterocycles. The number of carbonyl (C=O) groups is 2. The van der Waals surface area contributed by atoms with E-state index in [0.717, 1.165) is 5.69 Å². The van der Waals surface area contributed by atoms with Crippen LogP contribution in [0.2, 0.25) is 0 Å². The monoisotopic (exact) mass is 276 g/mol. The number of aryl methyl sites for hydroxylation is 1. The van der Waals surface area contributed by atoms with Gasteiger partial charge in [0.2, 0.25) is 5.91 Å². The number of carbonyl (C=O) groups excluding carboxylic acids is 2. The molecular formula is C14H20N4O2. The van der Waals surface area contributed by atoms with Gasteiger partial charge < -0.3 is 16.0 Å². The van der Waals surface area contributed by atoms with Gasteiger partial charge in [0.05, 0.1) is 11.5 Å². The Morgan fingerprint density at radius 3 is 2.65 bits per heavy atom. The van der Waals surface area contributed by atoms with Gasteiger partial charge in [0.15, 0.2) is 0 Å². The number of hydrogen-bond acceptors (Lipinski definition) is 4. The summed E-state index contributed by atoms with van der Waals surface area (Å²) in [6, 6.07) is 3.57. The minimum absolute atomic E-state index is 0.0906. The van der Waals surface area contributed by atoms with Crippen LogP contribution in [-0.4, -0.2) is 41.8 Å². The summed E-state index contributed by atoms with van der Waals surface area (Å²) in [6.45, 7) is 4.74. The maximum absolute atomic E-state index is 12.5. The van der Waals surface area contributed by atoms with E-state index in [1.165, 1.54) is 0 Å². The molecule has 1 aliphatic rings. The van der Waals surface area contributed by atoms with Gasteiger partial charge in [0, 0.05) is 25.8 Å². The van der Waals surface area contributed by atoms with Gasteiger partial charge in [-0.1, -0.05) is 6.92 Å². The van der Waals surface area contributed by atoms with Crippen molar-refractivity contribution < 1.29 is 9.59 Å². The first-order valence-electron chi connectivity index (χ1n) is 6.68. The number of likely N-dealkylation sites (tertiary alicyclic amines) is 1. The summed E-state index contributed by atoms with van der Waals surface area (Å²) in [5.74, 6) is -0.0745. The number of hydrogen-bond donors (Lipinski definition) is 2. The summed E-state index contributed by atoms with van der Waals surface area (Å²) < 4.78 is 0. The molecule has 0 saturated carbocycles. The van der Waals surface area contributed by atoms with Crippen LogP contribution in [0.15, 0.2) is 12.1 Å². The van der Waals surface area contributed by atoms with Crippen molar-refractivity contribution in [2.45, 2.75) is 13.8 Å². The summed E-state index contributed by atoms with van der Waals surface area (Å²) in [5, 5.41) is 2.94. The number of amides is 2. The molecule has 1 aromatic rings. The van der Waals surface area contributed by atoms with E-state index in [1.807, 2.05) is 13.8 Å². The van der Waals surface area contributed by atoms with E-state index in [-0.39, 0.29) is 23.7 Å². The number of aromatic nitrogens is 1. The first-order chi connectivity index (χ1) is 9.43. The SMILES string of the molecule is CNc1nc(C)ccc1C(=O)N1C[C@@H](C)[C@H](C(N)=O)C1. The van der Waals surface area contributed by atoms with Crippen molar-refractivity contribution in [2.24, 2.45) is 17.6 Å². The Hall–Kier alpha value is -2.11. The second-order valence-corrected chi connectivity index (χ2v) is 5.30. The lowest BCUT2D eigenvalue weighted by Gasteiger charge is -2.18. The molecule has 1 aliphatic heterocycles. The predicted octanol–water partition coefficient (Wildman–Crippen LogP) is 0.625. The average molecular weight is 276 g/mol. The van der Waals surface area contributed by atoms with E-state index >= 15 is 0 Å².